The highest BCUT2D eigenvalue weighted by Crippen LogP contribution is 2.22. The largest absolute Gasteiger partial charge is 0.392 e. The summed E-state index contributed by atoms with van der Waals surface area (Å²) in [6.45, 7) is 0.351. The van der Waals surface area contributed by atoms with Crippen LogP contribution in [0, 0.1) is 5.13 Å². The molecule has 11 heteroatoms. The quantitative estimate of drug-likeness (QED) is 0.325. The van der Waals surface area contributed by atoms with Crippen LogP contribution in [0.5, 0.6) is 0 Å². The van der Waals surface area contributed by atoms with Crippen LogP contribution in [0.4, 0.5) is 9.52 Å². The summed E-state index contributed by atoms with van der Waals surface area (Å²) in [5.74, 6) is -0.662. The second-order valence-electron chi connectivity index (χ2n) is 7.07. The number of methoxy groups -OCH3 is 1. The first-order valence-electron chi connectivity index (χ1n) is 9.87. The van der Waals surface area contributed by atoms with Crippen LogP contribution in [0.1, 0.15) is 37.7 Å². The molecule has 0 radical (unpaired) electrons. The van der Waals surface area contributed by atoms with Crippen molar-refractivity contribution in [2.75, 3.05) is 24.8 Å². The fourth-order valence-electron chi connectivity index (χ4n) is 3.15. The summed E-state index contributed by atoms with van der Waals surface area (Å²) in [4.78, 5) is 22.2. The Bertz CT molecular complexity index is 1020. The average molecular weight is 470 g/mol. The first-order valence-corrected chi connectivity index (χ1v) is 12.3. The van der Waals surface area contributed by atoms with Gasteiger partial charge in [-0.05, 0) is 44.2 Å². The number of oxime groups is 1. The second kappa shape index (κ2) is 10.8. The highest BCUT2D eigenvalue weighted by molar-refractivity contribution is 7.91. The maximum Gasteiger partial charge on any atom is 0.280 e. The van der Waals surface area contributed by atoms with E-state index >= 15 is 0 Å². The highest BCUT2D eigenvalue weighted by atomic mass is 32.2. The van der Waals surface area contributed by atoms with Crippen molar-refractivity contribution in [3.05, 3.63) is 41.2 Å². The number of hydrogen-bond acceptors (Lipinski definition) is 8. The summed E-state index contributed by atoms with van der Waals surface area (Å²) in [5.41, 5.74) is 0.342. The number of thiazole rings is 1. The van der Waals surface area contributed by atoms with E-state index < -0.39 is 20.9 Å². The molecule has 1 aromatic heterocycles. The van der Waals surface area contributed by atoms with Crippen molar-refractivity contribution in [1.82, 2.24) is 4.98 Å². The standard InChI is InChI=1S/C20H24FN3O5S2/c1-28-11-4-12-31(26,27)16-9-7-14(8-10-16)18(24-29-15-5-2-3-6-15)19(25)23-20-22-13-17(21)30-20/h7-10,13,15H,2-6,11-12H2,1H3,(H,22,23,25)/b24-18+. The molecule has 1 aromatic carbocycles. The first kappa shape index (κ1) is 23.3. The summed E-state index contributed by atoms with van der Waals surface area (Å²) in [6.07, 6.45) is 5.11. The first-order chi connectivity index (χ1) is 14.9. The van der Waals surface area contributed by atoms with Crippen molar-refractivity contribution in [1.29, 1.82) is 0 Å². The number of nitrogens with one attached hydrogen (secondary N) is 1. The van der Waals surface area contributed by atoms with E-state index in [1.54, 1.807) is 0 Å². The minimum absolute atomic E-state index is 0.0363. The number of ether oxygens (including phenoxy) is 1. The average Bonchev–Trinajstić information content (AvgIpc) is 3.40. The Morgan fingerprint density at radius 2 is 2.00 bits per heavy atom. The Kier molecular flexibility index (Phi) is 8.10. The molecule has 1 fully saturated rings. The molecular formula is C20H24FN3O5S2. The Morgan fingerprint density at radius 1 is 1.29 bits per heavy atom. The van der Waals surface area contributed by atoms with Gasteiger partial charge in [0.1, 0.15) is 6.10 Å². The fraction of sp³-hybridized carbons (Fsp3) is 0.450. The Labute approximate surface area is 184 Å². The predicted molar refractivity (Wildman–Crippen MR) is 116 cm³/mol. The van der Waals surface area contributed by atoms with Crippen LogP contribution in [0.2, 0.25) is 0 Å². The van der Waals surface area contributed by atoms with Crippen LogP contribution in [-0.2, 0) is 24.2 Å². The van der Waals surface area contributed by atoms with Crippen molar-refractivity contribution < 1.29 is 27.2 Å². The van der Waals surface area contributed by atoms with Gasteiger partial charge in [-0.15, -0.1) is 0 Å². The second-order valence-corrected chi connectivity index (χ2v) is 10.2. The van der Waals surface area contributed by atoms with Gasteiger partial charge >= 0.3 is 0 Å². The normalized spacial score (nSPS) is 15.2. The van der Waals surface area contributed by atoms with Gasteiger partial charge in [-0.3, -0.25) is 10.1 Å². The molecule has 2 aromatic rings. The van der Waals surface area contributed by atoms with Crippen LogP contribution in [-0.4, -0.2) is 50.6 Å². The van der Waals surface area contributed by atoms with Gasteiger partial charge in [-0.25, -0.2) is 13.4 Å². The molecule has 31 heavy (non-hydrogen) atoms. The van der Waals surface area contributed by atoms with E-state index in [-0.39, 0.29) is 27.6 Å². The van der Waals surface area contributed by atoms with Crippen molar-refractivity contribution in [2.24, 2.45) is 5.16 Å². The molecule has 168 valence electrons. The third-order valence-corrected chi connectivity index (χ3v) is 7.27. The molecule has 0 aliphatic heterocycles. The molecule has 1 amide bonds. The molecule has 1 aliphatic carbocycles. The van der Waals surface area contributed by atoms with Gasteiger partial charge in [-0.1, -0.05) is 28.6 Å². The molecule has 0 bridgehead atoms. The molecule has 1 N–H and O–H groups in total. The zero-order valence-corrected chi connectivity index (χ0v) is 18.7. The van der Waals surface area contributed by atoms with Crippen LogP contribution < -0.4 is 5.32 Å². The molecular weight excluding hydrogens is 445 g/mol. The fourth-order valence-corrected chi connectivity index (χ4v) is 4.97. The number of aromatic nitrogens is 1. The highest BCUT2D eigenvalue weighted by Gasteiger charge is 2.22. The van der Waals surface area contributed by atoms with Crippen molar-refractivity contribution in [3.63, 3.8) is 0 Å². The number of anilines is 1. The molecule has 1 aliphatic rings. The number of sulfone groups is 1. The van der Waals surface area contributed by atoms with E-state index in [9.17, 15) is 17.6 Å². The minimum Gasteiger partial charge on any atom is -0.392 e. The maximum absolute atomic E-state index is 13.2. The van der Waals surface area contributed by atoms with Gasteiger partial charge < -0.3 is 9.57 Å². The number of rotatable bonds is 10. The molecule has 3 rings (SSSR count). The van der Waals surface area contributed by atoms with E-state index in [0.717, 1.165) is 31.9 Å². The monoisotopic (exact) mass is 469 g/mol. The summed E-state index contributed by atoms with van der Waals surface area (Å²) < 4.78 is 43.0. The lowest BCUT2D eigenvalue weighted by Crippen LogP contribution is -2.25. The van der Waals surface area contributed by atoms with Gasteiger partial charge in [0.05, 0.1) is 16.8 Å². The van der Waals surface area contributed by atoms with Gasteiger partial charge in [-0.2, -0.15) is 4.39 Å². The predicted octanol–water partition coefficient (Wildman–Crippen LogP) is 3.39. The van der Waals surface area contributed by atoms with Gasteiger partial charge in [0.25, 0.3) is 5.91 Å². The maximum atomic E-state index is 13.2. The topological polar surface area (TPSA) is 107 Å². The Morgan fingerprint density at radius 3 is 2.61 bits per heavy atom. The van der Waals surface area contributed by atoms with E-state index in [1.807, 2.05) is 0 Å². The van der Waals surface area contributed by atoms with Crippen LogP contribution >= 0.6 is 11.3 Å². The molecule has 8 nitrogen and oxygen atoms in total. The lowest BCUT2D eigenvalue weighted by molar-refractivity contribution is -0.110. The van der Waals surface area contributed by atoms with Crippen molar-refractivity contribution >= 4 is 37.9 Å². The van der Waals surface area contributed by atoms with E-state index in [0.29, 0.717) is 29.9 Å². The van der Waals surface area contributed by atoms with E-state index in [1.165, 1.54) is 31.4 Å². The Hall–Kier alpha value is -2.37. The van der Waals surface area contributed by atoms with Crippen molar-refractivity contribution in [2.45, 2.75) is 43.1 Å². The van der Waals surface area contributed by atoms with Crippen molar-refractivity contribution in [3.8, 4) is 0 Å². The van der Waals surface area contributed by atoms with Gasteiger partial charge in [0.2, 0.25) is 0 Å². The third-order valence-electron chi connectivity index (χ3n) is 4.76. The minimum atomic E-state index is -3.47. The number of benzene rings is 1. The summed E-state index contributed by atoms with van der Waals surface area (Å²) in [6, 6.07) is 5.86. The number of amides is 1. The number of hydrogen-bond donors (Lipinski definition) is 1. The van der Waals surface area contributed by atoms with Gasteiger partial charge in [0.15, 0.2) is 25.8 Å². The number of nitrogens with zero attached hydrogens (tertiary/aromatic N) is 2. The Balaban J connectivity index is 1.80. The van der Waals surface area contributed by atoms with Crippen LogP contribution in [0.25, 0.3) is 0 Å². The summed E-state index contributed by atoms with van der Waals surface area (Å²) >= 11 is 0.692. The summed E-state index contributed by atoms with van der Waals surface area (Å²) in [7, 11) is -1.95. The number of carbonyl (C=O) groups is 1. The number of carbonyl (C=O) groups excluding carboxylic acids is 1. The number of halogens is 1. The third kappa shape index (κ3) is 6.55. The zero-order chi connectivity index (χ0) is 22.3. The van der Waals surface area contributed by atoms with Gasteiger partial charge in [0, 0.05) is 19.3 Å². The molecule has 1 saturated carbocycles. The lowest BCUT2D eigenvalue weighted by Gasteiger charge is -2.11. The molecule has 0 spiro atoms. The molecule has 0 saturated heterocycles. The lowest BCUT2D eigenvalue weighted by atomic mass is 10.1. The van der Waals surface area contributed by atoms with Crippen LogP contribution in [0.15, 0.2) is 40.5 Å². The smallest absolute Gasteiger partial charge is 0.280 e. The summed E-state index contributed by atoms with van der Waals surface area (Å²) in [5, 5.41) is 6.12. The molecule has 0 atom stereocenters. The SMILES string of the molecule is COCCCS(=O)(=O)c1ccc(/C(=N\OC2CCCC2)C(=O)Nc2ncc(F)s2)cc1. The molecule has 1 heterocycles. The zero-order valence-electron chi connectivity index (χ0n) is 17.0. The molecule has 0 unspecified atom stereocenters. The van der Waals surface area contributed by atoms with Crippen LogP contribution in [0.3, 0.4) is 0 Å². The van der Waals surface area contributed by atoms with E-state index in [4.69, 9.17) is 9.57 Å². The van der Waals surface area contributed by atoms with E-state index in [2.05, 4.69) is 15.5 Å².